The van der Waals surface area contributed by atoms with Crippen molar-refractivity contribution in [3.05, 3.63) is 131 Å². The van der Waals surface area contributed by atoms with Crippen LogP contribution >= 0.6 is 0 Å². The van der Waals surface area contributed by atoms with Crippen LogP contribution in [0.3, 0.4) is 0 Å². The first-order valence-electron chi connectivity index (χ1n) is 14.1. The van der Waals surface area contributed by atoms with E-state index in [1.807, 2.05) is 68.4 Å². The van der Waals surface area contributed by atoms with Gasteiger partial charge in [-0.3, -0.25) is 8.37 Å². The highest BCUT2D eigenvalue weighted by Crippen LogP contribution is 2.35. The van der Waals surface area contributed by atoms with Gasteiger partial charge >= 0.3 is 0 Å². The molecule has 0 unspecified atom stereocenters. The van der Waals surface area contributed by atoms with Crippen LogP contribution in [0.15, 0.2) is 113 Å². The standard InChI is InChI=1S/C33H36N2O6S2/c1-23-12-16-27(17-13-23)42(36,37)40-31-21-26-10-6-7-11-29(26)33(31)35-22-32(30(34)20-25-8-4-3-5-9-25)41-43(38,39)28-18-14-24(2)15-19-28/h3-19,30-33,35H,20-22,34H2,1-2H3/t30-,31-,32+,33+/m0/s1. The maximum atomic E-state index is 13.3. The van der Waals surface area contributed by atoms with Crippen LogP contribution in [0.25, 0.3) is 0 Å². The maximum Gasteiger partial charge on any atom is 0.297 e. The zero-order valence-electron chi connectivity index (χ0n) is 24.1. The molecule has 10 heteroatoms. The highest BCUT2D eigenvalue weighted by atomic mass is 32.2. The lowest BCUT2D eigenvalue weighted by molar-refractivity contribution is 0.140. The van der Waals surface area contributed by atoms with E-state index in [-0.39, 0.29) is 16.3 Å². The average molecular weight is 621 g/mol. The van der Waals surface area contributed by atoms with Crippen molar-refractivity contribution in [2.24, 2.45) is 5.73 Å². The van der Waals surface area contributed by atoms with Crippen LogP contribution in [0, 0.1) is 13.8 Å². The van der Waals surface area contributed by atoms with Crippen LogP contribution in [-0.4, -0.2) is 41.6 Å². The Hall–Kier alpha value is -3.38. The van der Waals surface area contributed by atoms with E-state index < -0.39 is 44.5 Å². The number of rotatable bonds is 12. The summed E-state index contributed by atoms with van der Waals surface area (Å²) in [5.74, 6) is 0. The molecule has 8 nitrogen and oxygen atoms in total. The van der Waals surface area contributed by atoms with Crippen LogP contribution in [0.2, 0.25) is 0 Å². The van der Waals surface area contributed by atoms with Crippen LogP contribution in [0.5, 0.6) is 0 Å². The molecule has 0 saturated heterocycles. The Kier molecular flexibility index (Phi) is 9.45. The Morgan fingerprint density at radius 3 is 1.95 bits per heavy atom. The summed E-state index contributed by atoms with van der Waals surface area (Å²) in [6.45, 7) is 3.78. The van der Waals surface area contributed by atoms with Gasteiger partial charge in [-0.1, -0.05) is 90.0 Å². The lowest BCUT2D eigenvalue weighted by Gasteiger charge is -2.28. The summed E-state index contributed by atoms with van der Waals surface area (Å²) in [4.78, 5) is 0.106. The second kappa shape index (κ2) is 13.1. The van der Waals surface area contributed by atoms with Crippen molar-refractivity contribution in [2.45, 2.75) is 60.8 Å². The van der Waals surface area contributed by atoms with Gasteiger partial charge in [0.1, 0.15) is 12.2 Å². The third kappa shape index (κ3) is 7.59. The van der Waals surface area contributed by atoms with Gasteiger partial charge in [0.25, 0.3) is 20.2 Å². The van der Waals surface area contributed by atoms with Gasteiger partial charge in [-0.2, -0.15) is 16.8 Å². The van der Waals surface area contributed by atoms with Gasteiger partial charge in [-0.15, -0.1) is 0 Å². The van der Waals surface area contributed by atoms with E-state index in [4.69, 9.17) is 14.1 Å². The Bertz CT molecular complexity index is 1740. The fourth-order valence-corrected chi connectivity index (χ4v) is 7.46. The van der Waals surface area contributed by atoms with E-state index in [1.54, 1.807) is 24.3 Å². The van der Waals surface area contributed by atoms with Gasteiger partial charge in [0, 0.05) is 19.0 Å². The van der Waals surface area contributed by atoms with Gasteiger partial charge in [-0.05, 0) is 61.2 Å². The molecule has 1 aliphatic rings. The van der Waals surface area contributed by atoms with Gasteiger partial charge in [-0.25, -0.2) is 0 Å². The number of nitrogens with two attached hydrogens (primary N) is 1. The average Bonchev–Trinajstić information content (AvgIpc) is 3.32. The number of fused-ring (bicyclic) bond motifs is 1. The molecule has 0 radical (unpaired) electrons. The molecule has 43 heavy (non-hydrogen) atoms. The molecule has 0 saturated carbocycles. The van der Waals surface area contributed by atoms with Crippen molar-refractivity contribution in [3.63, 3.8) is 0 Å². The summed E-state index contributed by atoms with van der Waals surface area (Å²) in [7, 11) is -8.22. The Morgan fingerprint density at radius 2 is 1.33 bits per heavy atom. The number of benzene rings is 4. The fourth-order valence-electron chi connectivity index (χ4n) is 5.25. The monoisotopic (exact) mass is 620 g/mol. The predicted molar refractivity (Wildman–Crippen MR) is 165 cm³/mol. The molecule has 0 aromatic heterocycles. The summed E-state index contributed by atoms with van der Waals surface area (Å²) in [6.07, 6.45) is -0.987. The summed E-state index contributed by atoms with van der Waals surface area (Å²) in [5, 5.41) is 3.36. The number of hydrogen-bond acceptors (Lipinski definition) is 8. The maximum absolute atomic E-state index is 13.3. The second-order valence-electron chi connectivity index (χ2n) is 10.9. The van der Waals surface area contributed by atoms with Gasteiger partial charge in [0.2, 0.25) is 0 Å². The van der Waals surface area contributed by atoms with E-state index in [0.717, 1.165) is 27.8 Å². The molecule has 3 N–H and O–H groups in total. The van der Waals surface area contributed by atoms with Crippen molar-refractivity contribution in [1.29, 1.82) is 0 Å². The molecule has 0 spiro atoms. The topological polar surface area (TPSA) is 125 Å². The van der Waals surface area contributed by atoms with Crippen molar-refractivity contribution < 1.29 is 25.2 Å². The summed E-state index contributed by atoms with van der Waals surface area (Å²) < 4.78 is 64.7. The quantitative estimate of drug-likeness (QED) is 0.220. The second-order valence-corrected chi connectivity index (χ2v) is 14.1. The number of aryl methyl sites for hydroxylation is 2. The minimum atomic E-state index is -4.15. The third-order valence-electron chi connectivity index (χ3n) is 7.63. The minimum Gasteiger partial charge on any atom is -0.325 e. The smallest absolute Gasteiger partial charge is 0.297 e. The van der Waals surface area contributed by atoms with Crippen molar-refractivity contribution in [2.75, 3.05) is 6.54 Å². The highest BCUT2D eigenvalue weighted by Gasteiger charge is 2.38. The minimum absolute atomic E-state index is 0.0303. The van der Waals surface area contributed by atoms with E-state index in [2.05, 4.69) is 5.32 Å². The van der Waals surface area contributed by atoms with Crippen LogP contribution in [0.4, 0.5) is 0 Å². The molecule has 0 amide bonds. The molecule has 0 heterocycles. The Morgan fingerprint density at radius 1 is 0.767 bits per heavy atom. The molecule has 5 rings (SSSR count). The Labute approximate surface area is 254 Å². The molecule has 226 valence electrons. The van der Waals surface area contributed by atoms with Crippen molar-refractivity contribution in [1.82, 2.24) is 5.32 Å². The number of hydrogen-bond donors (Lipinski definition) is 2. The zero-order chi connectivity index (χ0) is 30.6. The highest BCUT2D eigenvalue weighted by molar-refractivity contribution is 7.87. The van der Waals surface area contributed by atoms with Crippen LogP contribution < -0.4 is 11.1 Å². The fraction of sp³-hybridized carbons (Fsp3) is 0.273. The van der Waals surface area contributed by atoms with Crippen LogP contribution in [-0.2, 0) is 41.4 Å². The van der Waals surface area contributed by atoms with Gasteiger partial charge in [0.05, 0.1) is 15.8 Å². The van der Waals surface area contributed by atoms with E-state index >= 15 is 0 Å². The summed E-state index contributed by atoms with van der Waals surface area (Å²) >= 11 is 0. The molecule has 4 aromatic carbocycles. The molecule has 1 aliphatic carbocycles. The first kappa shape index (κ1) is 31.1. The van der Waals surface area contributed by atoms with Crippen molar-refractivity contribution >= 4 is 20.2 Å². The third-order valence-corrected chi connectivity index (χ3v) is 10.3. The van der Waals surface area contributed by atoms with E-state index in [9.17, 15) is 16.8 Å². The molecular formula is C33H36N2O6S2. The molecule has 0 aliphatic heterocycles. The molecule has 4 aromatic rings. The number of nitrogens with one attached hydrogen (secondary N) is 1. The van der Waals surface area contributed by atoms with E-state index in [0.29, 0.717) is 12.8 Å². The SMILES string of the molecule is Cc1ccc(S(=O)(=O)O[C@H]2Cc3ccccc3[C@H]2NC[C@@H](OS(=O)(=O)c2ccc(C)cc2)[C@@H](N)Cc2ccccc2)cc1. The molecular weight excluding hydrogens is 585 g/mol. The van der Waals surface area contributed by atoms with Gasteiger partial charge in [0.15, 0.2) is 0 Å². The van der Waals surface area contributed by atoms with Crippen molar-refractivity contribution in [3.8, 4) is 0 Å². The normalized spacial score (nSPS) is 18.2. The summed E-state index contributed by atoms with van der Waals surface area (Å²) in [6, 6.07) is 28.8. The zero-order valence-corrected chi connectivity index (χ0v) is 25.7. The molecule has 0 bridgehead atoms. The summed E-state index contributed by atoms with van der Waals surface area (Å²) in [5.41, 5.74) is 11.2. The lowest BCUT2D eigenvalue weighted by atomic mass is 10.0. The van der Waals surface area contributed by atoms with Gasteiger partial charge < -0.3 is 11.1 Å². The van der Waals surface area contributed by atoms with Crippen LogP contribution in [0.1, 0.15) is 33.9 Å². The first-order valence-corrected chi connectivity index (χ1v) is 16.9. The lowest BCUT2D eigenvalue weighted by Crippen LogP contribution is -2.47. The van der Waals surface area contributed by atoms with E-state index in [1.165, 1.54) is 24.3 Å². The Balaban J connectivity index is 1.40. The predicted octanol–water partition coefficient (Wildman–Crippen LogP) is 4.61. The first-order chi connectivity index (χ1) is 20.5. The molecule has 0 fully saturated rings. The molecule has 4 atom stereocenters. The largest absolute Gasteiger partial charge is 0.325 e.